The van der Waals surface area contributed by atoms with Crippen molar-refractivity contribution in [1.29, 1.82) is 0 Å². The normalized spacial score (nSPS) is 18.9. The van der Waals surface area contributed by atoms with Crippen molar-refractivity contribution < 1.29 is 8.42 Å². The van der Waals surface area contributed by atoms with Crippen molar-refractivity contribution in [2.24, 2.45) is 5.92 Å². The summed E-state index contributed by atoms with van der Waals surface area (Å²) in [5.41, 5.74) is 2.42. The standard InChI is InChI=1S/C21H28N2O2S/c1-18-9-8-16-23(17-18)26(24,25)22-15-14-21(19-10-4-2-5-11-19)20-12-6-3-7-13-20/h2-7,10-13,18,21-22H,8-9,14-17H2,1H3/t18-/m1/s1. The predicted octanol–water partition coefficient (Wildman–Crippen LogP) is 3.77. The fourth-order valence-corrected chi connectivity index (χ4v) is 5.06. The van der Waals surface area contributed by atoms with E-state index in [1.165, 1.54) is 11.1 Å². The zero-order valence-corrected chi connectivity index (χ0v) is 16.2. The van der Waals surface area contributed by atoms with E-state index in [9.17, 15) is 8.42 Å². The van der Waals surface area contributed by atoms with Crippen molar-refractivity contribution in [1.82, 2.24) is 9.03 Å². The quantitative estimate of drug-likeness (QED) is 0.804. The van der Waals surface area contributed by atoms with Gasteiger partial charge in [0.2, 0.25) is 0 Å². The van der Waals surface area contributed by atoms with E-state index in [4.69, 9.17) is 0 Å². The molecule has 1 heterocycles. The van der Waals surface area contributed by atoms with Crippen LogP contribution in [0.5, 0.6) is 0 Å². The van der Waals surface area contributed by atoms with Crippen LogP contribution in [0.15, 0.2) is 60.7 Å². The Bertz CT molecular complexity index is 739. The highest BCUT2D eigenvalue weighted by atomic mass is 32.2. The lowest BCUT2D eigenvalue weighted by molar-refractivity contribution is 0.278. The van der Waals surface area contributed by atoms with Crippen LogP contribution in [0.25, 0.3) is 0 Å². The average molecular weight is 373 g/mol. The third-order valence-corrected chi connectivity index (χ3v) is 6.66. The lowest BCUT2D eigenvalue weighted by atomic mass is 9.89. The molecule has 0 aliphatic carbocycles. The van der Waals surface area contributed by atoms with Crippen LogP contribution in [0, 0.1) is 5.92 Å². The van der Waals surface area contributed by atoms with Gasteiger partial charge in [0.05, 0.1) is 0 Å². The average Bonchev–Trinajstić information content (AvgIpc) is 2.67. The molecule has 1 atom stereocenters. The molecule has 0 unspecified atom stereocenters. The molecular weight excluding hydrogens is 344 g/mol. The highest BCUT2D eigenvalue weighted by Crippen LogP contribution is 2.27. The molecule has 1 N–H and O–H groups in total. The second-order valence-corrected chi connectivity index (χ2v) is 8.92. The third kappa shape index (κ3) is 4.93. The highest BCUT2D eigenvalue weighted by molar-refractivity contribution is 7.87. The summed E-state index contributed by atoms with van der Waals surface area (Å²) in [7, 11) is -3.39. The number of rotatable bonds is 7. The molecule has 1 aliphatic heterocycles. The Morgan fingerprint density at radius 2 is 1.62 bits per heavy atom. The SMILES string of the molecule is C[C@@H]1CCCN(S(=O)(=O)NCCC(c2ccccc2)c2ccccc2)C1. The number of benzene rings is 2. The fourth-order valence-electron chi connectivity index (χ4n) is 3.68. The number of piperidine rings is 1. The third-order valence-electron chi connectivity index (χ3n) is 5.08. The van der Waals surface area contributed by atoms with Gasteiger partial charge in [-0.1, -0.05) is 67.6 Å². The van der Waals surface area contributed by atoms with E-state index in [0.29, 0.717) is 25.6 Å². The molecule has 0 aromatic heterocycles. The van der Waals surface area contributed by atoms with Crippen molar-refractivity contribution in [3.63, 3.8) is 0 Å². The van der Waals surface area contributed by atoms with E-state index in [1.807, 2.05) is 36.4 Å². The van der Waals surface area contributed by atoms with Crippen LogP contribution in [0.3, 0.4) is 0 Å². The van der Waals surface area contributed by atoms with Crippen LogP contribution in [-0.2, 0) is 10.2 Å². The summed E-state index contributed by atoms with van der Waals surface area (Å²) in [4.78, 5) is 0. The molecule has 3 rings (SSSR count). The lowest BCUT2D eigenvalue weighted by Crippen LogP contribution is -2.45. The van der Waals surface area contributed by atoms with Crippen LogP contribution in [-0.4, -0.2) is 32.4 Å². The van der Waals surface area contributed by atoms with Gasteiger partial charge < -0.3 is 0 Å². The summed E-state index contributed by atoms with van der Waals surface area (Å²) in [5.74, 6) is 0.613. The molecule has 26 heavy (non-hydrogen) atoms. The summed E-state index contributed by atoms with van der Waals surface area (Å²) in [5, 5.41) is 0. The van der Waals surface area contributed by atoms with Gasteiger partial charge in [-0.05, 0) is 36.3 Å². The summed E-state index contributed by atoms with van der Waals surface area (Å²) in [6.45, 7) is 3.79. The summed E-state index contributed by atoms with van der Waals surface area (Å²) in [6.07, 6.45) is 2.78. The lowest BCUT2D eigenvalue weighted by Gasteiger charge is -2.30. The molecule has 4 nitrogen and oxygen atoms in total. The van der Waals surface area contributed by atoms with E-state index >= 15 is 0 Å². The summed E-state index contributed by atoms with van der Waals surface area (Å²) in [6, 6.07) is 20.6. The molecule has 5 heteroatoms. The molecule has 1 saturated heterocycles. The van der Waals surface area contributed by atoms with Crippen molar-refractivity contribution in [2.45, 2.75) is 32.1 Å². The first-order valence-corrected chi connectivity index (χ1v) is 10.8. The topological polar surface area (TPSA) is 49.4 Å². The molecule has 0 spiro atoms. The van der Waals surface area contributed by atoms with Gasteiger partial charge in [0.1, 0.15) is 0 Å². The minimum atomic E-state index is -3.39. The molecule has 1 aliphatic rings. The first kappa shape index (κ1) is 19.1. The second kappa shape index (κ2) is 8.80. The van der Waals surface area contributed by atoms with Crippen molar-refractivity contribution in [3.05, 3.63) is 71.8 Å². The molecule has 0 radical (unpaired) electrons. The first-order chi connectivity index (χ1) is 12.6. The van der Waals surface area contributed by atoms with Gasteiger partial charge in [0.25, 0.3) is 10.2 Å². The fraction of sp³-hybridized carbons (Fsp3) is 0.429. The minimum absolute atomic E-state index is 0.181. The first-order valence-electron chi connectivity index (χ1n) is 9.41. The molecule has 2 aromatic carbocycles. The van der Waals surface area contributed by atoms with E-state index in [2.05, 4.69) is 35.9 Å². The van der Waals surface area contributed by atoms with Crippen molar-refractivity contribution in [2.75, 3.05) is 19.6 Å². The van der Waals surface area contributed by atoms with Crippen LogP contribution in [0.2, 0.25) is 0 Å². The van der Waals surface area contributed by atoms with E-state index in [-0.39, 0.29) is 5.92 Å². The van der Waals surface area contributed by atoms with E-state index in [1.54, 1.807) is 4.31 Å². The van der Waals surface area contributed by atoms with Gasteiger partial charge in [-0.3, -0.25) is 0 Å². The Morgan fingerprint density at radius 3 is 2.15 bits per heavy atom. The molecule has 0 saturated carbocycles. The Balaban J connectivity index is 1.67. The molecule has 0 bridgehead atoms. The van der Waals surface area contributed by atoms with Gasteiger partial charge in [0, 0.05) is 25.6 Å². The van der Waals surface area contributed by atoms with Crippen molar-refractivity contribution >= 4 is 10.2 Å². The summed E-state index contributed by atoms with van der Waals surface area (Å²) < 4.78 is 29.6. The number of nitrogens with zero attached hydrogens (tertiary/aromatic N) is 1. The maximum atomic E-state index is 12.6. The predicted molar refractivity (Wildman–Crippen MR) is 106 cm³/mol. The van der Waals surface area contributed by atoms with Gasteiger partial charge >= 0.3 is 0 Å². The van der Waals surface area contributed by atoms with Gasteiger partial charge in [-0.25, -0.2) is 4.72 Å². The van der Waals surface area contributed by atoms with Gasteiger partial charge in [-0.2, -0.15) is 12.7 Å². The Hall–Kier alpha value is -1.69. The summed E-state index contributed by atoms with van der Waals surface area (Å²) >= 11 is 0. The maximum absolute atomic E-state index is 12.6. The zero-order valence-electron chi connectivity index (χ0n) is 15.3. The Morgan fingerprint density at radius 1 is 1.04 bits per heavy atom. The van der Waals surface area contributed by atoms with Crippen LogP contribution in [0.4, 0.5) is 0 Å². The number of nitrogens with one attached hydrogen (secondary N) is 1. The van der Waals surface area contributed by atoms with Crippen LogP contribution >= 0.6 is 0 Å². The minimum Gasteiger partial charge on any atom is -0.202 e. The van der Waals surface area contributed by atoms with E-state index in [0.717, 1.165) is 19.3 Å². The second-order valence-electron chi connectivity index (χ2n) is 7.17. The molecular formula is C21H28N2O2S. The Labute approximate surface area is 157 Å². The highest BCUT2D eigenvalue weighted by Gasteiger charge is 2.27. The zero-order chi connectivity index (χ0) is 18.4. The molecule has 2 aromatic rings. The monoisotopic (exact) mass is 372 g/mol. The van der Waals surface area contributed by atoms with Gasteiger partial charge in [0.15, 0.2) is 0 Å². The van der Waals surface area contributed by atoms with Crippen molar-refractivity contribution in [3.8, 4) is 0 Å². The molecule has 1 fully saturated rings. The maximum Gasteiger partial charge on any atom is 0.279 e. The smallest absolute Gasteiger partial charge is 0.202 e. The largest absolute Gasteiger partial charge is 0.279 e. The molecule has 0 amide bonds. The van der Waals surface area contributed by atoms with Crippen LogP contribution < -0.4 is 4.72 Å². The number of hydrogen-bond acceptors (Lipinski definition) is 2. The van der Waals surface area contributed by atoms with Crippen LogP contribution in [0.1, 0.15) is 43.2 Å². The van der Waals surface area contributed by atoms with Gasteiger partial charge in [-0.15, -0.1) is 0 Å². The Kier molecular flexibility index (Phi) is 6.46. The number of hydrogen-bond donors (Lipinski definition) is 1. The van der Waals surface area contributed by atoms with E-state index < -0.39 is 10.2 Å². The molecule has 140 valence electrons.